The van der Waals surface area contributed by atoms with Gasteiger partial charge >= 0.3 is 5.97 Å². The molecule has 0 aromatic heterocycles. The molecular formula is C13H12O4. The van der Waals surface area contributed by atoms with Gasteiger partial charge in [-0.3, -0.25) is 9.59 Å². The first-order valence-electron chi connectivity index (χ1n) is 5.31. The second-order valence-corrected chi connectivity index (χ2v) is 4.08. The maximum Gasteiger partial charge on any atom is 0.375 e. The van der Waals surface area contributed by atoms with Gasteiger partial charge in [-0.15, -0.1) is 0 Å². The molecule has 0 fully saturated rings. The number of aryl methyl sites for hydroxylation is 1. The Morgan fingerprint density at radius 1 is 1.35 bits per heavy atom. The van der Waals surface area contributed by atoms with Crippen molar-refractivity contribution in [3.05, 3.63) is 34.9 Å². The zero-order chi connectivity index (χ0) is 12.6. The van der Waals surface area contributed by atoms with E-state index < -0.39 is 17.7 Å². The summed E-state index contributed by atoms with van der Waals surface area (Å²) in [7, 11) is 1.14. The first-order chi connectivity index (χ1) is 8.06. The normalized spacial score (nSPS) is 17.8. The molecule has 0 radical (unpaired) electrons. The summed E-state index contributed by atoms with van der Waals surface area (Å²) in [5, 5.41) is 0. The lowest BCUT2D eigenvalue weighted by atomic mass is 9.99. The minimum atomic E-state index is -0.950. The Kier molecular flexibility index (Phi) is 2.79. The standard InChI is InChI=1S/C13H12O4/c1-7-4-3-5-8-9(7)6-10(11(8)14)12(15)13(16)17-2/h3-5,10H,6H2,1-2H3. The van der Waals surface area contributed by atoms with Crippen LogP contribution in [0.2, 0.25) is 0 Å². The van der Waals surface area contributed by atoms with Crippen molar-refractivity contribution in [2.24, 2.45) is 5.92 Å². The number of hydrogen-bond donors (Lipinski definition) is 0. The number of carbonyl (C=O) groups excluding carboxylic acids is 3. The zero-order valence-corrected chi connectivity index (χ0v) is 9.65. The number of hydrogen-bond acceptors (Lipinski definition) is 4. The molecule has 1 aromatic rings. The fourth-order valence-corrected chi connectivity index (χ4v) is 2.14. The largest absolute Gasteiger partial charge is 0.463 e. The molecule has 4 nitrogen and oxygen atoms in total. The molecule has 17 heavy (non-hydrogen) atoms. The molecule has 1 unspecified atom stereocenters. The fourth-order valence-electron chi connectivity index (χ4n) is 2.14. The topological polar surface area (TPSA) is 60.4 Å². The van der Waals surface area contributed by atoms with Gasteiger partial charge in [0, 0.05) is 5.56 Å². The van der Waals surface area contributed by atoms with Crippen molar-refractivity contribution in [2.45, 2.75) is 13.3 Å². The lowest BCUT2D eigenvalue weighted by Gasteiger charge is -2.04. The Labute approximate surface area is 98.6 Å². The van der Waals surface area contributed by atoms with Crippen LogP contribution in [-0.2, 0) is 20.7 Å². The minimum absolute atomic E-state index is 0.279. The minimum Gasteiger partial charge on any atom is -0.463 e. The second-order valence-electron chi connectivity index (χ2n) is 4.08. The van der Waals surface area contributed by atoms with E-state index >= 15 is 0 Å². The van der Waals surface area contributed by atoms with Gasteiger partial charge in [-0.2, -0.15) is 0 Å². The molecule has 1 aromatic carbocycles. The van der Waals surface area contributed by atoms with Gasteiger partial charge in [-0.05, 0) is 24.5 Å². The van der Waals surface area contributed by atoms with E-state index in [0.717, 1.165) is 18.2 Å². The molecule has 0 saturated carbocycles. The average molecular weight is 232 g/mol. The number of Topliss-reactive ketones (excluding diaryl/α,β-unsaturated/α-hetero) is 2. The Balaban J connectivity index is 2.35. The van der Waals surface area contributed by atoms with Crippen LogP contribution in [0.25, 0.3) is 0 Å². The van der Waals surface area contributed by atoms with Crippen LogP contribution < -0.4 is 0 Å². The predicted molar refractivity (Wildman–Crippen MR) is 59.7 cm³/mol. The van der Waals surface area contributed by atoms with Gasteiger partial charge < -0.3 is 4.74 Å². The summed E-state index contributed by atoms with van der Waals surface area (Å²) in [6, 6.07) is 5.35. The van der Waals surface area contributed by atoms with Crippen LogP contribution in [0.1, 0.15) is 21.5 Å². The third-order valence-electron chi connectivity index (χ3n) is 3.10. The number of ketones is 2. The van der Waals surface area contributed by atoms with Crippen molar-refractivity contribution in [3.63, 3.8) is 0 Å². The lowest BCUT2D eigenvalue weighted by molar-refractivity contribution is -0.152. The summed E-state index contributed by atoms with van der Waals surface area (Å²) in [4.78, 5) is 34.8. The maximum atomic E-state index is 12.0. The van der Waals surface area contributed by atoms with Crippen LogP contribution in [0.5, 0.6) is 0 Å². The third-order valence-corrected chi connectivity index (χ3v) is 3.10. The fraction of sp³-hybridized carbons (Fsp3) is 0.308. The van der Waals surface area contributed by atoms with E-state index in [0.29, 0.717) is 12.0 Å². The van der Waals surface area contributed by atoms with Crippen molar-refractivity contribution < 1.29 is 19.1 Å². The molecule has 0 amide bonds. The summed E-state index contributed by atoms with van der Waals surface area (Å²) >= 11 is 0. The summed E-state index contributed by atoms with van der Waals surface area (Å²) < 4.78 is 4.36. The van der Waals surface area contributed by atoms with Gasteiger partial charge in [0.2, 0.25) is 0 Å². The van der Waals surface area contributed by atoms with E-state index in [1.54, 1.807) is 12.1 Å². The Morgan fingerprint density at radius 2 is 2.06 bits per heavy atom. The van der Waals surface area contributed by atoms with Crippen molar-refractivity contribution in [2.75, 3.05) is 7.11 Å². The molecule has 0 spiro atoms. The monoisotopic (exact) mass is 232 g/mol. The third kappa shape index (κ3) is 1.75. The molecule has 0 aliphatic heterocycles. The maximum absolute atomic E-state index is 12.0. The Hall–Kier alpha value is -1.97. The van der Waals surface area contributed by atoms with Crippen LogP contribution in [-0.4, -0.2) is 24.6 Å². The van der Waals surface area contributed by atoms with E-state index in [1.165, 1.54) is 0 Å². The number of carbonyl (C=O) groups is 3. The van der Waals surface area contributed by atoms with Crippen LogP contribution >= 0.6 is 0 Å². The summed E-state index contributed by atoms with van der Waals surface area (Å²) in [5.74, 6) is -2.89. The molecule has 0 N–H and O–H groups in total. The van der Waals surface area contributed by atoms with E-state index in [2.05, 4.69) is 4.74 Å². The molecular weight excluding hydrogens is 220 g/mol. The average Bonchev–Trinajstić information content (AvgIpc) is 2.67. The van der Waals surface area contributed by atoms with Crippen LogP contribution in [0.15, 0.2) is 18.2 Å². The van der Waals surface area contributed by atoms with Crippen molar-refractivity contribution >= 4 is 17.5 Å². The molecule has 0 bridgehead atoms. The number of fused-ring (bicyclic) bond motifs is 1. The molecule has 1 aliphatic rings. The number of esters is 1. The van der Waals surface area contributed by atoms with Gasteiger partial charge in [0.15, 0.2) is 5.78 Å². The smallest absolute Gasteiger partial charge is 0.375 e. The first kappa shape index (κ1) is 11.5. The van der Waals surface area contributed by atoms with Gasteiger partial charge in [0.05, 0.1) is 13.0 Å². The highest BCUT2D eigenvalue weighted by molar-refractivity contribution is 6.40. The number of benzene rings is 1. The molecule has 88 valence electrons. The van der Waals surface area contributed by atoms with Crippen molar-refractivity contribution in [3.8, 4) is 0 Å². The molecule has 2 rings (SSSR count). The number of ether oxygens (including phenoxy) is 1. The van der Waals surface area contributed by atoms with Gasteiger partial charge in [-0.1, -0.05) is 18.2 Å². The molecule has 1 atom stereocenters. The number of rotatable bonds is 2. The predicted octanol–water partition coefficient (Wildman–Crippen LogP) is 1.09. The van der Waals surface area contributed by atoms with Crippen molar-refractivity contribution in [1.82, 2.24) is 0 Å². The molecule has 0 saturated heterocycles. The van der Waals surface area contributed by atoms with Gasteiger partial charge in [0.1, 0.15) is 0 Å². The van der Waals surface area contributed by atoms with E-state index in [4.69, 9.17) is 0 Å². The van der Waals surface area contributed by atoms with Gasteiger partial charge in [-0.25, -0.2) is 4.79 Å². The second kappa shape index (κ2) is 4.13. The summed E-state index contributed by atoms with van der Waals surface area (Å²) in [6.45, 7) is 1.89. The molecule has 0 heterocycles. The highest BCUT2D eigenvalue weighted by Gasteiger charge is 2.39. The lowest BCUT2D eigenvalue weighted by Crippen LogP contribution is -2.29. The van der Waals surface area contributed by atoms with Crippen LogP contribution in [0.4, 0.5) is 0 Å². The zero-order valence-electron chi connectivity index (χ0n) is 9.65. The summed E-state index contributed by atoms with van der Waals surface area (Å²) in [5.41, 5.74) is 2.38. The number of methoxy groups -OCH3 is 1. The summed E-state index contributed by atoms with van der Waals surface area (Å²) in [6.07, 6.45) is 0.300. The van der Waals surface area contributed by atoms with Crippen LogP contribution in [0.3, 0.4) is 0 Å². The SMILES string of the molecule is COC(=O)C(=O)C1Cc2c(C)cccc2C1=O. The van der Waals surface area contributed by atoms with Crippen LogP contribution in [0, 0.1) is 12.8 Å². The van der Waals surface area contributed by atoms with E-state index in [1.807, 2.05) is 13.0 Å². The molecule has 1 aliphatic carbocycles. The van der Waals surface area contributed by atoms with E-state index in [9.17, 15) is 14.4 Å². The first-order valence-corrected chi connectivity index (χ1v) is 5.31. The highest BCUT2D eigenvalue weighted by atomic mass is 16.5. The van der Waals surface area contributed by atoms with Crippen molar-refractivity contribution in [1.29, 1.82) is 0 Å². The van der Waals surface area contributed by atoms with E-state index in [-0.39, 0.29) is 5.78 Å². The quantitative estimate of drug-likeness (QED) is 0.435. The Bertz CT molecular complexity index is 516. The van der Waals surface area contributed by atoms with Gasteiger partial charge in [0.25, 0.3) is 5.78 Å². The highest BCUT2D eigenvalue weighted by Crippen LogP contribution is 2.29. The molecule has 4 heteroatoms. The Morgan fingerprint density at radius 3 is 2.65 bits per heavy atom.